The van der Waals surface area contributed by atoms with Gasteiger partial charge in [0.15, 0.2) is 5.82 Å². The molecule has 23 heavy (non-hydrogen) atoms. The van der Waals surface area contributed by atoms with E-state index in [1.165, 1.54) is 0 Å². The lowest BCUT2D eigenvalue weighted by Gasteiger charge is -2.07. The minimum Gasteiger partial charge on any atom is -0.506 e. The summed E-state index contributed by atoms with van der Waals surface area (Å²) in [6.07, 6.45) is 1.76. The third-order valence-electron chi connectivity index (χ3n) is 3.30. The molecule has 0 aliphatic carbocycles. The smallest absolute Gasteiger partial charge is 0.260 e. The zero-order valence-corrected chi connectivity index (χ0v) is 13.9. The van der Waals surface area contributed by atoms with Gasteiger partial charge in [-0.15, -0.1) is 0 Å². The van der Waals surface area contributed by atoms with E-state index in [0.29, 0.717) is 10.3 Å². The Bertz CT molecular complexity index is 860. The highest BCUT2D eigenvalue weighted by Crippen LogP contribution is 2.29. The molecule has 0 radical (unpaired) electrons. The van der Waals surface area contributed by atoms with Crippen LogP contribution in [-0.2, 0) is 0 Å². The molecule has 3 aromatic rings. The molecule has 0 atom stereocenters. The number of halogens is 1. The van der Waals surface area contributed by atoms with Crippen LogP contribution < -0.4 is 5.32 Å². The second-order valence-electron chi connectivity index (χ2n) is 5.08. The van der Waals surface area contributed by atoms with Crippen molar-refractivity contribution in [3.05, 3.63) is 70.3 Å². The molecule has 3 rings (SSSR count). The van der Waals surface area contributed by atoms with Crippen LogP contribution in [0.1, 0.15) is 15.9 Å². The molecular weight excluding hydrogens is 358 g/mol. The molecule has 0 unspecified atom stereocenters. The monoisotopic (exact) mass is 371 g/mol. The predicted molar refractivity (Wildman–Crippen MR) is 92.1 cm³/mol. The van der Waals surface area contributed by atoms with E-state index in [0.717, 1.165) is 11.3 Å². The molecule has 0 spiro atoms. The summed E-state index contributed by atoms with van der Waals surface area (Å²) in [5, 5.41) is 17.0. The Morgan fingerprint density at radius 3 is 2.70 bits per heavy atom. The van der Waals surface area contributed by atoms with Gasteiger partial charge in [0.1, 0.15) is 5.75 Å². The summed E-state index contributed by atoms with van der Waals surface area (Å²) in [6.45, 7) is 1.85. The highest BCUT2D eigenvalue weighted by atomic mass is 79.9. The van der Waals surface area contributed by atoms with Gasteiger partial charge in [0.05, 0.1) is 15.7 Å². The molecule has 0 saturated carbocycles. The third-order valence-corrected chi connectivity index (χ3v) is 3.91. The first-order valence-electron chi connectivity index (χ1n) is 6.96. The largest absolute Gasteiger partial charge is 0.506 e. The Morgan fingerprint density at radius 2 is 1.96 bits per heavy atom. The third kappa shape index (κ3) is 3.27. The SMILES string of the molecule is Cc1cc(Br)c(O)c(C(=O)Nc2ccn(-c3ccccc3)n2)c1. The van der Waals surface area contributed by atoms with Crippen LogP contribution in [0, 0.1) is 6.92 Å². The standard InChI is InChI=1S/C17H14BrN3O2/c1-11-9-13(16(22)14(18)10-11)17(23)19-15-7-8-21(20-15)12-5-3-2-4-6-12/h2-10,22H,1H3,(H,19,20,23). The van der Waals surface area contributed by atoms with Crippen LogP contribution in [0.15, 0.2) is 59.2 Å². The Hall–Kier alpha value is -2.60. The Balaban J connectivity index is 1.83. The number of amides is 1. The van der Waals surface area contributed by atoms with Crippen molar-refractivity contribution >= 4 is 27.7 Å². The zero-order valence-electron chi connectivity index (χ0n) is 12.3. The number of phenols is 1. The van der Waals surface area contributed by atoms with Crippen molar-refractivity contribution < 1.29 is 9.90 Å². The number of hydrogen-bond acceptors (Lipinski definition) is 3. The van der Waals surface area contributed by atoms with E-state index in [-0.39, 0.29) is 11.3 Å². The van der Waals surface area contributed by atoms with Crippen LogP contribution in [0.2, 0.25) is 0 Å². The number of carbonyl (C=O) groups is 1. The molecule has 2 aromatic carbocycles. The van der Waals surface area contributed by atoms with Crippen molar-refractivity contribution in [2.75, 3.05) is 5.32 Å². The molecule has 5 nitrogen and oxygen atoms in total. The molecule has 1 amide bonds. The Kier molecular flexibility index (Phi) is 4.16. The fourth-order valence-corrected chi connectivity index (χ4v) is 2.78. The van der Waals surface area contributed by atoms with Crippen molar-refractivity contribution in [2.24, 2.45) is 0 Å². The maximum absolute atomic E-state index is 12.3. The minimum atomic E-state index is -0.412. The van der Waals surface area contributed by atoms with Crippen LogP contribution >= 0.6 is 15.9 Å². The topological polar surface area (TPSA) is 67.2 Å². The molecule has 116 valence electrons. The van der Waals surface area contributed by atoms with E-state index >= 15 is 0 Å². The lowest BCUT2D eigenvalue weighted by atomic mass is 10.1. The first-order chi connectivity index (χ1) is 11.0. The van der Waals surface area contributed by atoms with Crippen LogP contribution in [0.5, 0.6) is 5.75 Å². The van der Waals surface area contributed by atoms with E-state index in [9.17, 15) is 9.90 Å². The number of nitrogens with one attached hydrogen (secondary N) is 1. The predicted octanol–water partition coefficient (Wildman–Crippen LogP) is 3.90. The van der Waals surface area contributed by atoms with Gasteiger partial charge in [-0.05, 0) is 52.7 Å². The number of para-hydroxylation sites is 1. The Morgan fingerprint density at radius 1 is 1.22 bits per heavy atom. The number of carbonyl (C=O) groups excluding carboxylic acids is 1. The van der Waals surface area contributed by atoms with Gasteiger partial charge >= 0.3 is 0 Å². The number of phenolic OH excluding ortho intramolecular Hbond substituents is 1. The number of nitrogens with zero attached hydrogens (tertiary/aromatic N) is 2. The zero-order chi connectivity index (χ0) is 16.4. The summed E-state index contributed by atoms with van der Waals surface area (Å²) in [6, 6.07) is 14.7. The highest BCUT2D eigenvalue weighted by molar-refractivity contribution is 9.10. The summed E-state index contributed by atoms with van der Waals surface area (Å²) < 4.78 is 2.15. The van der Waals surface area contributed by atoms with E-state index in [2.05, 4.69) is 26.3 Å². The molecule has 6 heteroatoms. The van der Waals surface area contributed by atoms with Gasteiger partial charge in [-0.3, -0.25) is 4.79 Å². The number of aromatic nitrogens is 2. The average molecular weight is 372 g/mol. The molecule has 0 bridgehead atoms. The van der Waals surface area contributed by atoms with E-state index in [4.69, 9.17) is 0 Å². The van der Waals surface area contributed by atoms with Crippen molar-refractivity contribution in [2.45, 2.75) is 6.92 Å². The van der Waals surface area contributed by atoms with Crippen molar-refractivity contribution in [1.82, 2.24) is 9.78 Å². The van der Waals surface area contributed by atoms with Crippen LogP contribution in [-0.4, -0.2) is 20.8 Å². The highest BCUT2D eigenvalue weighted by Gasteiger charge is 2.15. The van der Waals surface area contributed by atoms with Crippen molar-refractivity contribution in [1.29, 1.82) is 0 Å². The molecular formula is C17H14BrN3O2. The lowest BCUT2D eigenvalue weighted by molar-refractivity contribution is 0.102. The number of hydrogen-bond donors (Lipinski definition) is 2. The summed E-state index contributed by atoms with van der Waals surface area (Å²) in [5.41, 5.74) is 1.97. The maximum atomic E-state index is 12.3. The summed E-state index contributed by atoms with van der Waals surface area (Å²) in [7, 11) is 0. The molecule has 2 N–H and O–H groups in total. The van der Waals surface area contributed by atoms with E-state index in [1.807, 2.05) is 37.3 Å². The summed E-state index contributed by atoms with van der Waals surface area (Å²) >= 11 is 3.24. The first-order valence-corrected chi connectivity index (χ1v) is 7.75. The summed E-state index contributed by atoms with van der Waals surface area (Å²) in [5.74, 6) is -0.0864. The van der Waals surface area contributed by atoms with Gasteiger partial charge in [-0.1, -0.05) is 18.2 Å². The van der Waals surface area contributed by atoms with Gasteiger partial charge in [0.25, 0.3) is 5.91 Å². The molecule has 0 fully saturated rings. The first kappa shape index (κ1) is 15.3. The number of rotatable bonds is 3. The van der Waals surface area contributed by atoms with E-state index in [1.54, 1.807) is 29.1 Å². The number of aromatic hydroxyl groups is 1. The lowest BCUT2D eigenvalue weighted by Crippen LogP contribution is -2.13. The number of benzene rings is 2. The normalized spacial score (nSPS) is 10.5. The summed E-state index contributed by atoms with van der Waals surface area (Å²) in [4.78, 5) is 12.3. The van der Waals surface area contributed by atoms with Crippen LogP contribution in [0.4, 0.5) is 5.82 Å². The van der Waals surface area contributed by atoms with E-state index < -0.39 is 5.91 Å². The fraction of sp³-hybridized carbons (Fsp3) is 0.0588. The molecule has 0 saturated heterocycles. The number of aryl methyl sites for hydroxylation is 1. The second kappa shape index (κ2) is 6.26. The quantitative estimate of drug-likeness (QED) is 0.733. The second-order valence-corrected chi connectivity index (χ2v) is 5.93. The fourth-order valence-electron chi connectivity index (χ4n) is 2.21. The maximum Gasteiger partial charge on any atom is 0.260 e. The van der Waals surface area contributed by atoms with Crippen LogP contribution in [0.3, 0.4) is 0 Å². The minimum absolute atomic E-state index is 0.0874. The Labute approximate surface area is 141 Å². The van der Waals surface area contributed by atoms with Crippen LogP contribution in [0.25, 0.3) is 5.69 Å². The average Bonchev–Trinajstić information content (AvgIpc) is 3.00. The van der Waals surface area contributed by atoms with Gasteiger partial charge < -0.3 is 10.4 Å². The molecule has 1 heterocycles. The number of anilines is 1. The van der Waals surface area contributed by atoms with Crippen molar-refractivity contribution in [3.63, 3.8) is 0 Å². The van der Waals surface area contributed by atoms with Gasteiger partial charge in [-0.25, -0.2) is 4.68 Å². The van der Waals surface area contributed by atoms with Gasteiger partial charge in [0.2, 0.25) is 0 Å². The van der Waals surface area contributed by atoms with Gasteiger partial charge in [-0.2, -0.15) is 5.10 Å². The van der Waals surface area contributed by atoms with Gasteiger partial charge in [0, 0.05) is 12.3 Å². The molecule has 1 aromatic heterocycles. The molecule has 0 aliphatic rings. The van der Waals surface area contributed by atoms with Crippen molar-refractivity contribution in [3.8, 4) is 11.4 Å². The molecule has 0 aliphatic heterocycles.